The maximum absolute atomic E-state index is 10.7. The molecule has 0 saturated heterocycles. The molecule has 68 valence electrons. The van der Waals surface area contributed by atoms with Crippen molar-refractivity contribution in [3.05, 3.63) is 12.2 Å². The summed E-state index contributed by atoms with van der Waals surface area (Å²) < 4.78 is 4.66. The molecule has 12 heavy (non-hydrogen) atoms. The fourth-order valence-corrected chi connectivity index (χ4v) is 0.482. The topological polar surface area (TPSA) is 75.6 Å². The second kappa shape index (κ2) is 6.36. The van der Waals surface area contributed by atoms with Crippen LogP contribution in [0.15, 0.2) is 12.2 Å². The van der Waals surface area contributed by atoms with Gasteiger partial charge in [-0.3, -0.25) is 4.79 Å². The van der Waals surface area contributed by atoms with Crippen LogP contribution in [0, 0.1) is 0 Å². The average Bonchev–Trinajstić information content (AvgIpc) is 2.01. The molecule has 5 heteroatoms. The highest BCUT2D eigenvalue weighted by molar-refractivity contribution is 5.93. The Morgan fingerprint density at radius 3 is 2.67 bits per heavy atom. The molecule has 0 saturated carbocycles. The predicted molar refractivity (Wildman–Crippen MR) is 41.7 cm³/mol. The molecule has 1 amide bonds. The number of carboxylic acid groups (broad SMARTS) is 1. The molecule has 0 bridgehead atoms. The van der Waals surface area contributed by atoms with Crippen molar-refractivity contribution >= 4 is 11.9 Å². The molecule has 0 aliphatic heterocycles. The summed E-state index contributed by atoms with van der Waals surface area (Å²) in [7, 11) is 1.51. The molecule has 0 fully saturated rings. The van der Waals surface area contributed by atoms with Gasteiger partial charge in [0.05, 0.1) is 6.61 Å². The van der Waals surface area contributed by atoms with Gasteiger partial charge in [0, 0.05) is 25.8 Å². The SMILES string of the molecule is COCCNC(=O)/C=C/C(=O)O. The lowest BCUT2D eigenvalue weighted by molar-refractivity contribution is -0.131. The molecule has 2 N–H and O–H groups in total. The van der Waals surface area contributed by atoms with Crippen LogP contribution in [0.1, 0.15) is 0 Å². The first-order valence-corrected chi connectivity index (χ1v) is 3.34. The summed E-state index contributed by atoms with van der Waals surface area (Å²) in [5.74, 6) is -1.58. The summed E-state index contributed by atoms with van der Waals surface area (Å²) in [6.45, 7) is 0.784. The molecule has 0 rings (SSSR count). The van der Waals surface area contributed by atoms with Crippen LogP contribution in [0.3, 0.4) is 0 Å². The summed E-state index contributed by atoms with van der Waals surface area (Å²) >= 11 is 0. The van der Waals surface area contributed by atoms with E-state index in [0.29, 0.717) is 13.2 Å². The number of methoxy groups -OCH3 is 1. The molecule has 0 spiro atoms. The first-order chi connectivity index (χ1) is 5.66. The van der Waals surface area contributed by atoms with Crippen LogP contribution < -0.4 is 5.32 Å². The van der Waals surface area contributed by atoms with Crippen LogP contribution >= 0.6 is 0 Å². The van der Waals surface area contributed by atoms with E-state index in [9.17, 15) is 9.59 Å². The molecule has 5 nitrogen and oxygen atoms in total. The second-order valence-electron chi connectivity index (χ2n) is 1.96. The molecule has 0 aromatic rings. The number of aliphatic carboxylic acids is 1. The number of carbonyl (C=O) groups is 2. The molecule has 0 heterocycles. The van der Waals surface area contributed by atoms with Crippen LogP contribution in [0.2, 0.25) is 0 Å². The fraction of sp³-hybridized carbons (Fsp3) is 0.429. The Morgan fingerprint density at radius 2 is 2.17 bits per heavy atom. The number of rotatable bonds is 5. The highest BCUT2D eigenvalue weighted by Gasteiger charge is 1.94. The third kappa shape index (κ3) is 6.76. The Balaban J connectivity index is 3.53. The third-order valence-corrected chi connectivity index (χ3v) is 0.983. The van der Waals surface area contributed by atoms with Gasteiger partial charge in [0.2, 0.25) is 5.91 Å². The third-order valence-electron chi connectivity index (χ3n) is 0.983. The summed E-state index contributed by atoms with van der Waals surface area (Å²) in [4.78, 5) is 20.6. The zero-order chi connectivity index (χ0) is 9.40. The van der Waals surface area contributed by atoms with Crippen LogP contribution in [0.5, 0.6) is 0 Å². The van der Waals surface area contributed by atoms with E-state index >= 15 is 0 Å². The van der Waals surface area contributed by atoms with E-state index in [1.165, 1.54) is 7.11 Å². The number of ether oxygens (including phenoxy) is 1. The summed E-state index contributed by atoms with van der Waals surface area (Å²) in [5.41, 5.74) is 0. The van der Waals surface area contributed by atoms with Gasteiger partial charge < -0.3 is 15.2 Å². The van der Waals surface area contributed by atoms with Crippen molar-refractivity contribution in [1.82, 2.24) is 5.32 Å². The van der Waals surface area contributed by atoms with Crippen LogP contribution in [-0.4, -0.2) is 37.2 Å². The normalized spacial score (nSPS) is 10.1. The van der Waals surface area contributed by atoms with Crippen LogP contribution in [0.4, 0.5) is 0 Å². The minimum absolute atomic E-state index is 0.374. The number of hydrogen-bond acceptors (Lipinski definition) is 3. The Kier molecular flexibility index (Phi) is 5.64. The standard InChI is InChI=1S/C7H11NO4/c1-12-5-4-8-6(9)2-3-7(10)11/h2-3H,4-5H2,1H3,(H,8,9)(H,10,11)/b3-2+. The molecular weight excluding hydrogens is 162 g/mol. The highest BCUT2D eigenvalue weighted by atomic mass is 16.5. The summed E-state index contributed by atoms with van der Waals surface area (Å²) in [6.07, 6.45) is 1.74. The van der Waals surface area contributed by atoms with Crippen molar-refractivity contribution in [2.45, 2.75) is 0 Å². The largest absolute Gasteiger partial charge is 0.478 e. The molecule has 0 aliphatic carbocycles. The lowest BCUT2D eigenvalue weighted by Gasteiger charge is -1.98. The number of carbonyl (C=O) groups excluding carboxylic acids is 1. The van der Waals surface area contributed by atoms with Gasteiger partial charge in [0.1, 0.15) is 0 Å². The monoisotopic (exact) mass is 173 g/mol. The van der Waals surface area contributed by atoms with Crippen molar-refractivity contribution in [2.75, 3.05) is 20.3 Å². The summed E-state index contributed by atoms with van der Waals surface area (Å²) in [6, 6.07) is 0. The maximum atomic E-state index is 10.7. The van der Waals surface area contributed by atoms with E-state index < -0.39 is 11.9 Å². The van der Waals surface area contributed by atoms with Crippen LogP contribution in [-0.2, 0) is 14.3 Å². The first-order valence-electron chi connectivity index (χ1n) is 3.34. The van der Waals surface area contributed by atoms with Gasteiger partial charge in [-0.05, 0) is 0 Å². The predicted octanol–water partition coefficient (Wildman–Crippen LogP) is -0.610. The van der Waals surface area contributed by atoms with E-state index in [4.69, 9.17) is 5.11 Å². The molecule has 0 aliphatic rings. The fourth-order valence-electron chi connectivity index (χ4n) is 0.482. The van der Waals surface area contributed by atoms with Crippen molar-refractivity contribution in [2.24, 2.45) is 0 Å². The lowest BCUT2D eigenvalue weighted by Crippen LogP contribution is -2.25. The molecular formula is C7H11NO4. The lowest BCUT2D eigenvalue weighted by atomic mass is 10.4. The maximum Gasteiger partial charge on any atom is 0.328 e. The quantitative estimate of drug-likeness (QED) is 0.429. The van der Waals surface area contributed by atoms with E-state index in [1.54, 1.807) is 0 Å². The average molecular weight is 173 g/mol. The Bertz CT molecular complexity index is 188. The molecule has 0 aromatic carbocycles. The van der Waals surface area contributed by atoms with Gasteiger partial charge in [-0.2, -0.15) is 0 Å². The van der Waals surface area contributed by atoms with Gasteiger partial charge in [0.25, 0.3) is 0 Å². The number of amides is 1. The first kappa shape index (κ1) is 10.6. The zero-order valence-electron chi connectivity index (χ0n) is 6.74. The van der Waals surface area contributed by atoms with E-state index in [-0.39, 0.29) is 0 Å². The number of nitrogens with one attached hydrogen (secondary N) is 1. The van der Waals surface area contributed by atoms with Crippen molar-refractivity contribution in [3.8, 4) is 0 Å². The highest BCUT2D eigenvalue weighted by Crippen LogP contribution is 1.74. The Labute approximate surface area is 70.0 Å². The van der Waals surface area contributed by atoms with Crippen molar-refractivity contribution in [1.29, 1.82) is 0 Å². The minimum Gasteiger partial charge on any atom is -0.478 e. The van der Waals surface area contributed by atoms with Gasteiger partial charge >= 0.3 is 5.97 Å². The van der Waals surface area contributed by atoms with E-state index in [1.807, 2.05) is 0 Å². The van der Waals surface area contributed by atoms with E-state index in [0.717, 1.165) is 12.2 Å². The van der Waals surface area contributed by atoms with Gasteiger partial charge in [-0.1, -0.05) is 0 Å². The van der Waals surface area contributed by atoms with Gasteiger partial charge in [-0.15, -0.1) is 0 Å². The second-order valence-corrected chi connectivity index (χ2v) is 1.96. The number of carboxylic acids is 1. The molecule has 0 atom stereocenters. The molecule has 0 radical (unpaired) electrons. The number of hydrogen-bond donors (Lipinski definition) is 2. The van der Waals surface area contributed by atoms with E-state index in [2.05, 4.69) is 10.1 Å². The minimum atomic E-state index is -1.14. The molecule has 0 aromatic heterocycles. The summed E-state index contributed by atoms with van der Waals surface area (Å²) in [5, 5.41) is 10.6. The zero-order valence-corrected chi connectivity index (χ0v) is 6.74. The van der Waals surface area contributed by atoms with Gasteiger partial charge in [0.15, 0.2) is 0 Å². The Morgan fingerprint density at radius 1 is 1.50 bits per heavy atom. The Hall–Kier alpha value is -1.36. The smallest absolute Gasteiger partial charge is 0.328 e. The van der Waals surface area contributed by atoms with Gasteiger partial charge in [-0.25, -0.2) is 4.79 Å². The van der Waals surface area contributed by atoms with Crippen molar-refractivity contribution in [3.63, 3.8) is 0 Å². The van der Waals surface area contributed by atoms with Crippen molar-refractivity contribution < 1.29 is 19.4 Å². The van der Waals surface area contributed by atoms with Crippen LogP contribution in [0.25, 0.3) is 0 Å². The molecule has 0 unspecified atom stereocenters.